The average molecular weight is 341 g/mol. The summed E-state index contributed by atoms with van der Waals surface area (Å²) in [6.45, 7) is 8.87. The molecule has 1 N–H and O–H groups in total. The van der Waals surface area contributed by atoms with Crippen LogP contribution in [0, 0.1) is 5.92 Å². The van der Waals surface area contributed by atoms with Crippen molar-refractivity contribution in [3.05, 3.63) is 35.9 Å². The summed E-state index contributed by atoms with van der Waals surface area (Å²) < 4.78 is 0. The highest BCUT2D eigenvalue weighted by molar-refractivity contribution is 5.80. The van der Waals surface area contributed by atoms with E-state index < -0.39 is 0 Å². The molecule has 2 saturated heterocycles. The highest BCUT2D eigenvalue weighted by atomic mass is 15.3. The number of nitrogens with one attached hydrogen (secondary N) is 1. The van der Waals surface area contributed by atoms with E-state index in [-0.39, 0.29) is 0 Å². The summed E-state index contributed by atoms with van der Waals surface area (Å²) in [5, 5.41) is 3.53. The van der Waals surface area contributed by atoms with E-state index in [1.807, 2.05) is 0 Å². The molecule has 1 aromatic carbocycles. The largest absolute Gasteiger partial charge is 0.357 e. The molecule has 3 aliphatic rings. The van der Waals surface area contributed by atoms with Gasteiger partial charge in [0.25, 0.3) is 0 Å². The van der Waals surface area contributed by atoms with Gasteiger partial charge in [-0.05, 0) is 50.6 Å². The molecule has 0 bridgehead atoms. The predicted octanol–water partition coefficient (Wildman–Crippen LogP) is 2.93. The van der Waals surface area contributed by atoms with Gasteiger partial charge in [-0.3, -0.25) is 4.99 Å². The first kappa shape index (κ1) is 16.9. The van der Waals surface area contributed by atoms with Crippen molar-refractivity contribution in [2.45, 2.75) is 44.6 Å². The van der Waals surface area contributed by atoms with Crippen LogP contribution in [0.15, 0.2) is 35.3 Å². The molecule has 2 atom stereocenters. The summed E-state index contributed by atoms with van der Waals surface area (Å²) >= 11 is 0. The molecule has 4 nitrogen and oxygen atoms in total. The van der Waals surface area contributed by atoms with Crippen LogP contribution in [0.5, 0.6) is 0 Å². The Balaban J connectivity index is 1.34. The fourth-order valence-electron chi connectivity index (χ4n) is 4.37. The van der Waals surface area contributed by atoms with Crippen molar-refractivity contribution >= 4 is 5.96 Å². The van der Waals surface area contributed by atoms with Gasteiger partial charge in [0.05, 0.1) is 0 Å². The third kappa shape index (κ3) is 4.17. The van der Waals surface area contributed by atoms with Crippen LogP contribution in [0.4, 0.5) is 0 Å². The second-order valence-corrected chi connectivity index (χ2v) is 7.92. The number of guanidine groups is 1. The second-order valence-electron chi connectivity index (χ2n) is 7.92. The lowest BCUT2D eigenvalue weighted by Crippen LogP contribution is -2.40. The lowest BCUT2D eigenvalue weighted by Gasteiger charge is -2.22. The van der Waals surface area contributed by atoms with Crippen molar-refractivity contribution in [1.82, 2.24) is 15.1 Å². The van der Waals surface area contributed by atoms with Gasteiger partial charge in [0, 0.05) is 44.7 Å². The van der Waals surface area contributed by atoms with Gasteiger partial charge in [0.2, 0.25) is 0 Å². The van der Waals surface area contributed by atoms with Gasteiger partial charge in [-0.25, -0.2) is 0 Å². The van der Waals surface area contributed by atoms with Crippen molar-refractivity contribution in [2.24, 2.45) is 10.9 Å². The smallest absolute Gasteiger partial charge is 0.193 e. The molecule has 0 amide bonds. The number of nitrogens with zero attached hydrogens (tertiary/aromatic N) is 3. The Hall–Kier alpha value is -1.55. The van der Waals surface area contributed by atoms with Crippen molar-refractivity contribution in [1.29, 1.82) is 0 Å². The third-order valence-electron chi connectivity index (χ3n) is 5.97. The number of likely N-dealkylation sites (tertiary alicyclic amines) is 2. The molecular weight excluding hydrogens is 308 g/mol. The van der Waals surface area contributed by atoms with Gasteiger partial charge < -0.3 is 15.1 Å². The Morgan fingerprint density at radius 1 is 1.08 bits per heavy atom. The van der Waals surface area contributed by atoms with Gasteiger partial charge in [-0.15, -0.1) is 0 Å². The van der Waals surface area contributed by atoms with Gasteiger partial charge in [0.15, 0.2) is 5.96 Å². The first-order valence-corrected chi connectivity index (χ1v) is 10.2. The van der Waals surface area contributed by atoms with Crippen LogP contribution in [0.1, 0.15) is 44.1 Å². The second kappa shape index (κ2) is 7.77. The van der Waals surface area contributed by atoms with Crippen LogP contribution in [0.25, 0.3) is 0 Å². The van der Waals surface area contributed by atoms with Crippen LogP contribution in [-0.4, -0.2) is 61.1 Å². The monoisotopic (exact) mass is 340 g/mol. The van der Waals surface area contributed by atoms with Gasteiger partial charge in [-0.1, -0.05) is 30.3 Å². The summed E-state index contributed by atoms with van der Waals surface area (Å²) in [5.74, 6) is 2.52. The minimum absolute atomic E-state index is 0.641. The summed E-state index contributed by atoms with van der Waals surface area (Å²) in [6, 6.07) is 11.9. The molecule has 0 radical (unpaired) electrons. The van der Waals surface area contributed by atoms with Crippen LogP contribution in [-0.2, 0) is 0 Å². The molecule has 136 valence electrons. The van der Waals surface area contributed by atoms with E-state index >= 15 is 0 Å². The van der Waals surface area contributed by atoms with Crippen molar-refractivity contribution < 1.29 is 0 Å². The number of rotatable bonds is 5. The maximum atomic E-state index is 5.02. The Labute approximate surface area is 152 Å². The summed E-state index contributed by atoms with van der Waals surface area (Å²) in [4.78, 5) is 10.2. The van der Waals surface area contributed by atoms with Crippen LogP contribution in [0.2, 0.25) is 0 Å². The van der Waals surface area contributed by atoms with Crippen LogP contribution < -0.4 is 5.32 Å². The van der Waals surface area contributed by atoms with E-state index in [2.05, 4.69) is 52.4 Å². The van der Waals surface area contributed by atoms with Crippen LogP contribution >= 0.6 is 0 Å². The SMILES string of the molecule is CCNC(=NCC1CCN(C2CC2)C1)N1CCC(c2ccccc2)C1. The Kier molecular flexibility index (Phi) is 5.25. The summed E-state index contributed by atoms with van der Waals surface area (Å²) in [5.41, 5.74) is 1.47. The summed E-state index contributed by atoms with van der Waals surface area (Å²) in [6.07, 6.45) is 5.40. The lowest BCUT2D eigenvalue weighted by atomic mass is 9.99. The predicted molar refractivity (Wildman–Crippen MR) is 104 cm³/mol. The highest BCUT2D eigenvalue weighted by Gasteiger charge is 2.34. The standard InChI is InChI=1S/C21H32N4/c1-2-22-21(23-14-17-10-12-24(15-17)20-8-9-20)25-13-11-19(16-25)18-6-4-3-5-7-18/h3-7,17,19-20H,2,8-16H2,1H3,(H,22,23). The first-order valence-electron chi connectivity index (χ1n) is 10.2. The Morgan fingerprint density at radius 2 is 1.92 bits per heavy atom. The molecule has 25 heavy (non-hydrogen) atoms. The van der Waals surface area contributed by atoms with E-state index in [0.29, 0.717) is 5.92 Å². The maximum Gasteiger partial charge on any atom is 0.193 e. The van der Waals surface area contributed by atoms with E-state index in [1.165, 1.54) is 44.3 Å². The van der Waals surface area contributed by atoms with Crippen LogP contribution in [0.3, 0.4) is 0 Å². The van der Waals surface area contributed by atoms with Gasteiger partial charge in [0.1, 0.15) is 0 Å². The third-order valence-corrected chi connectivity index (χ3v) is 5.97. The summed E-state index contributed by atoms with van der Waals surface area (Å²) in [7, 11) is 0. The maximum absolute atomic E-state index is 5.02. The van der Waals surface area contributed by atoms with Gasteiger partial charge in [-0.2, -0.15) is 0 Å². The highest BCUT2D eigenvalue weighted by Crippen LogP contribution is 2.32. The van der Waals surface area contributed by atoms with Gasteiger partial charge >= 0.3 is 0 Å². The van der Waals surface area contributed by atoms with Crippen molar-refractivity contribution in [3.63, 3.8) is 0 Å². The van der Waals surface area contributed by atoms with E-state index in [1.54, 1.807) is 0 Å². The molecule has 2 heterocycles. The molecular formula is C21H32N4. The molecule has 0 spiro atoms. The molecule has 3 fully saturated rings. The Morgan fingerprint density at radius 3 is 2.68 bits per heavy atom. The zero-order chi connectivity index (χ0) is 17.1. The molecule has 1 aromatic rings. The molecule has 4 heteroatoms. The minimum atomic E-state index is 0.641. The fourth-order valence-corrected chi connectivity index (χ4v) is 4.37. The van der Waals surface area contributed by atoms with Crippen molar-refractivity contribution in [3.8, 4) is 0 Å². The number of aliphatic imine (C=N–C) groups is 1. The normalized spacial score (nSPS) is 27.9. The lowest BCUT2D eigenvalue weighted by molar-refractivity contribution is 0.315. The molecule has 1 aliphatic carbocycles. The average Bonchev–Trinajstić information content (AvgIpc) is 3.20. The molecule has 4 rings (SSSR count). The first-order chi connectivity index (χ1) is 12.3. The van der Waals surface area contributed by atoms with Crippen molar-refractivity contribution in [2.75, 3.05) is 39.3 Å². The Bertz CT molecular complexity index is 581. The molecule has 0 aromatic heterocycles. The van der Waals surface area contributed by atoms with E-state index in [4.69, 9.17) is 4.99 Å². The quantitative estimate of drug-likeness (QED) is 0.660. The van der Waals surface area contributed by atoms with E-state index in [9.17, 15) is 0 Å². The fraction of sp³-hybridized carbons (Fsp3) is 0.667. The molecule has 2 unspecified atom stereocenters. The zero-order valence-electron chi connectivity index (χ0n) is 15.5. The number of benzene rings is 1. The van der Waals surface area contributed by atoms with E-state index in [0.717, 1.165) is 44.1 Å². The number of hydrogen-bond donors (Lipinski definition) is 1. The topological polar surface area (TPSA) is 30.9 Å². The minimum Gasteiger partial charge on any atom is -0.357 e. The zero-order valence-corrected chi connectivity index (χ0v) is 15.5. The molecule has 2 aliphatic heterocycles. The molecule has 1 saturated carbocycles. The number of hydrogen-bond acceptors (Lipinski definition) is 2.